The second-order valence-corrected chi connectivity index (χ2v) is 2.53. The molecule has 3 N–H and O–H groups in total. The smallest absolute Gasteiger partial charge is 0.335 e. The molecule has 1 aromatic carbocycles. The highest BCUT2D eigenvalue weighted by Gasteiger charge is 2.02. The molecule has 12 heavy (non-hydrogen) atoms. The van der Waals surface area contributed by atoms with E-state index in [0.29, 0.717) is 5.69 Å². The molecule has 1 aromatic rings. The summed E-state index contributed by atoms with van der Waals surface area (Å²) in [4.78, 5) is 10.4. The maximum atomic E-state index is 10.4. The minimum absolute atomic E-state index is 0.206. The van der Waals surface area contributed by atoms with Crippen molar-refractivity contribution in [3.63, 3.8) is 0 Å². The Morgan fingerprint density at radius 3 is 2.25 bits per heavy atom. The zero-order chi connectivity index (χ0) is 9.14. The number of carboxylic acids is 1. The molecule has 0 aromatic heterocycles. The minimum atomic E-state index is -0.973. The Balaban J connectivity index is 2.93. The SMILES string of the molecule is NN(Cl)c1ccc(C(=O)O)cc1. The predicted octanol–water partition coefficient (Wildman–Crippen LogP) is 1.22. The number of rotatable bonds is 2. The van der Waals surface area contributed by atoms with Crippen LogP contribution >= 0.6 is 11.8 Å². The fraction of sp³-hybridized carbons (Fsp3) is 0. The third-order valence-electron chi connectivity index (χ3n) is 1.36. The highest BCUT2D eigenvalue weighted by molar-refractivity contribution is 6.24. The van der Waals surface area contributed by atoms with Crippen LogP contribution in [-0.2, 0) is 0 Å². The highest BCUT2D eigenvalue weighted by atomic mass is 35.5. The van der Waals surface area contributed by atoms with Crippen LogP contribution in [0.3, 0.4) is 0 Å². The molecular weight excluding hydrogens is 180 g/mol. The summed E-state index contributed by atoms with van der Waals surface area (Å²) in [5.74, 6) is 4.22. The zero-order valence-corrected chi connectivity index (χ0v) is 6.82. The summed E-state index contributed by atoms with van der Waals surface area (Å²) in [7, 11) is 0. The molecule has 0 amide bonds. The lowest BCUT2D eigenvalue weighted by Gasteiger charge is -2.07. The van der Waals surface area contributed by atoms with Crippen molar-refractivity contribution in [3.8, 4) is 0 Å². The lowest BCUT2D eigenvalue weighted by atomic mass is 10.2. The van der Waals surface area contributed by atoms with Crippen LogP contribution in [0.1, 0.15) is 10.4 Å². The molecule has 0 saturated heterocycles. The van der Waals surface area contributed by atoms with E-state index in [2.05, 4.69) is 0 Å². The second kappa shape index (κ2) is 3.42. The van der Waals surface area contributed by atoms with E-state index in [1.807, 2.05) is 0 Å². The fourth-order valence-electron chi connectivity index (χ4n) is 0.746. The van der Waals surface area contributed by atoms with Crippen LogP contribution in [-0.4, -0.2) is 11.1 Å². The Morgan fingerprint density at radius 1 is 1.42 bits per heavy atom. The maximum Gasteiger partial charge on any atom is 0.335 e. The summed E-state index contributed by atoms with van der Waals surface area (Å²) in [6.07, 6.45) is 0. The van der Waals surface area contributed by atoms with E-state index in [1.165, 1.54) is 24.3 Å². The van der Waals surface area contributed by atoms with Gasteiger partial charge in [-0.25, -0.2) is 15.2 Å². The summed E-state index contributed by atoms with van der Waals surface area (Å²) < 4.78 is 0.894. The molecule has 0 spiro atoms. The number of carbonyl (C=O) groups is 1. The Hall–Kier alpha value is -1.26. The molecule has 0 aliphatic rings. The first-order valence-electron chi connectivity index (χ1n) is 3.15. The molecular formula is C7H7ClN2O2. The van der Waals surface area contributed by atoms with Crippen molar-refractivity contribution in [3.05, 3.63) is 29.8 Å². The van der Waals surface area contributed by atoms with Gasteiger partial charge in [-0.3, -0.25) is 0 Å². The van der Waals surface area contributed by atoms with Gasteiger partial charge in [-0.15, -0.1) is 0 Å². The van der Waals surface area contributed by atoms with Crippen LogP contribution in [0, 0.1) is 0 Å². The van der Waals surface area contributed by atoms with Gasteiger partial charge in [0.2, 0.25) is 0 Å². The molecule has 0 unspecified atom stereocenters. The number of aromatic carboxylic acids is 1. The van der Waals surface area contributed by atoms with Gasteiger partial charge in [0.05, 0.1) is 11.3 Å². The van der Waals surface area contributed by atoms with Gasteiger partial charge in [-0.2, -0.15) is 0 Å². The Morgan fingerprint density at radius 2 is 1.92 bits per heavy atom. The first kappa shape index (κ1) is 8.83. The largest absolute Gasteiger partial charge is 0.478 e. The van der Waals surface area contributed by atoms with E-state index in [4.69, 9.17) is 22.7 Å². The molecule has 0 heterocycles. The average Bonchev–Trinajstić information content (AvgIpc) is 2.04. The standard InChI is InChI=1S/C7H7ClN2O2/c8-10(9)6-3-1-5(2-4-6)7(11)12/h1-4H,9H2,(H,11,12). The van der Waals surface area contributed by atoms with Crippen molar-refractivity contribution in [2.45, 2.75) is 0 Å². The highest BCUT2D eigenvalue weighted by Crippen LogP contribution is 2.13. The summed E-state index contributed by atoms with van der Waals surface area (Å²) in [6, 6.07) is 5.91. The van der Waals surface area contributed by atoms with E-state index in [0.717, 1.165) is 4.53 Å². The van der Waals surface area contributed by atoms with Crippen molar-refractivity contribution >= 4 is 23.4 Å². The van der Waals surface area contributed by atoms with Gasteiger partial charge in [0.15, 0.2) is 0 Å². The van der Waals surface area contributed by atoms with Gasteiger partial charge in [0.1, 0.15) is 0 Å². The summed E-state index contributed by atoms with van der Waals surface area (Å²) >= 11 is 5.40. The summed E-state index contributed by atoms with van der Waals surface area (Å²) in [6.45, 7) is 0. The molecule has 0 aliphatic heterocycles. The topological polar surface area (TPSA) is 66.6 Å². The van der Waals surface area contributed by atoms with Crippen molar-refractivity contribution in [1.82, 2.24) is 0 Å². The number of nitrogens with zero attached hydrogens (tertiary/aromatic N) is 1. The number of hydrogen-bond donors (Lipinski definition) is 2. The minimum Gasteiger partial charge on any atom is -0.478 e. The van der Waals surface area contributed by atoms with Crippen LogP contribution < -0.4 is 10.4 Å². The first-order valence-corrected chi connectivity index (χ1v) is 3.49. The molecule has 64 valence electrons. The number of carboxylic acid groups (broad SMARTS) is 1. The molecule has 0 atom stereocenters. The van der Waals surface area contributed by atoms with Crippen LogP contribution in [0.4, 0.5) is 5.69 Å². The zero-order valence-electron chi connectivity index (χ0n) is 6.07. The van der Waals surface area contributed by atoms with Gasteiger partial charge in [-0.1, -0.05) is 0 Å². The molecule has 0 saturated carbocycles. The van der Waals surface area contributed by atoms with E-state index in [-0.39, 0.29) is 5.56 Å². The molecule has 0 radical (unpaired) electrons. The van der Waals surface area contributed by atoms with E-state index in [9.17, 15) is 4.79 Å². The summed E-state index contributed by atoms with van der Waals surface area (Å²) in [5.41, 5.74) is 0.749. The van der Waals surface area contributed by atoms with Crippen molar-refractivity contribution in [2.75, 3.05) is 4.53 Å². The number of nitrogens with two attached hydrogens (primary N) is 1. The number of benzene rings is 1. The average molecular weight is 187 g/mol. The van der Waals surface area contributed by atoms with Gasteiger partial charge >= 0.3 is 5.97 Å². The second-order valence-electron chi connectivity index (χ2n) is 2.16. The van der Waals surface area contributed by atoms with Crippen LogP contribution in [0.5, 0.6) is 0 Å². The van der Waals surface area contributed by atoms with Crippen LogP contribution in [0.25, 0.3) is 0 Å². The summed E-state index contributed by atoms with van der Waals surface area (Å²) in [5, 5.41) is 8.54. The molecule has 0 fully saturated rings. The van der Waals surface area contributed by atoms with Crippen molar-refractivity contribution in [1.29, 1.82) is 0 Å². The lowest BCUT2D eigenvalue weighted by molar-refractivity contribution is 0.0697. The monoisotopic (exact) mass is 186 g/mol. The Bertz CT molecular complexity index is 284. The molecule has 5 heteroatoms. The third kappa shape index (κ3) is 1.87. The maximum absolute atomic E-state index is 10.4. The van der Waals surface area contributed by atoms with E-state index >= 15 is 0 Å². The van der Waals surface area contributed by atoms with E-state index < -0.39 is 5.97 Å². The normalized spacial score (nSPS) is 9.50. The fourth-order valence-corrected chi connectivity index (χ4v) is 0.859. The van der Waals surface area contributed by atoms with Crippen molar-refractivity contribution < 1.29 is 9.90 Å². The molecule has 4 nitrogen and oxygen atoms in total. The van der Waals surface area contributed by atoms with Gasteiger partial charge in [0.25, 0.3) is 0 Å². The third-order valence-corrected chi connectivity index (χ3v) is 1.56. The number of halogens is 1. The molecule has 0 aliphatic carbocycles. The van der Waals surface area contributed by atoms with E-state index in [1.54, 1.807) is 0 Å². The predicted molar refractivity (Wildman–Crippen MR) is 45.9 cm³/mol. The van der Waals surface area contributed by atoms with Gasteiger partial charge in [0, 0.05) is 11.8 Å². The Kier molecular flexibility index (Phi) is 2.52. The quantitative estimate of drug-likeness (QED) is 0.414. The molecule has 1 rings (SSSR count). The number of hydrazine groups is 1. The Labute approximate surface area is 74.2 Å². The van der Waals surface area contributed by atoms with Crippen LogP contribution in [0.2, 0.25) is 0 Å². The van der Waals surface area contributed by atoms with Crippen molar-refractivity contribution in [2.24, 2.45) is 5.84 Å². The first-order chi connectivity index (χ1) is 5.61. The lowest BCUT2D eigenvalue weighted by Crippen LogP contribution is -2.18. The number of hydrogen-bond acceptors (Lipinski definition) is 3. The van der Waals surface area contributed by atoms with Crippen LogP contribution in [0.15, 0.2) is 24.3 Å². The van der Waals surface area contributed by atoms with Gasteiger partial charge < -0.3 is 5.11 Å². The van der Waals surface area contributed by atoms with Gasteiger partial charge in [-0.05, 0) is 24.3 Å². The molecule has 0 bridgehead atoms. The number of anilines is 1.